The fourth-order valence-corrected chi connectivity index (χ4v) is 4.00. The molecule has 0 spiro atoms. The van der Waals surface area contributed by atoms with Crippen molar-refractivity contribution < 1.29 is 0 Å². The maximum Gasteiger partial charge on any atom is 0.229 e. The molecule has 2 aromatic heterocycles. The van der Waals surface area contributed by atoms with Crippen LogP contribution < -0.4 is 10.6 Å². The summed E-state index contributed by atoms with van der Waals surface area (Å²) in [6, 6.07) is 16.6. The highest BCUT2D eigenvalue weighted by atomic mass is 32.2. The molecule has 1 atom stereocenters. The molecule has 2 aromatic carbocycles. The summed E-state index contributed by atoms with van der Waals surface area (Å²) in [4.78, 5) is 19.8. The number of rotatable bonds is 5. The minimum absolute atomic E-state index is 0.0555. The van der Waals surface area contributed by atoms with Crippen molar-refractivity contribution in [3.05, 3.63) is 59.9 Å². The zero-order chi connectivity index (χ0) is 20.5. The lowest BCUT2D eigenvalue weighted by Gasteiger charge is -2.15. The number of fused-ring (bicyclic) bond motifs is 1. The zero-order valence-electron chi connectivity index (χ0n) is 16.9. The third kappa shape index (κ3) is 3.88. The van der Waals surface area contributed by atoms with Crippen LogP contribution in [0.4, 0.5) is 11.9 Å². The summed E-state index contributed by atoms with van der Waals surface area (Å²) in [5.41, 5.74) is 10.2. The van der Waals surface area contributed by atoms with Gasteiger partial charge in [0.25, 0.3) is 0 Å². The van der Waals surface area contributed by atoms with Crippen molar-refractivity contribution in [1.82, 2.24) is 24.5 Å². The minimum atomic E-state index is -0.0555. The molecule has 7 nitrogen and oxygen atoms in total. The summed E-state index contributed by atoms with van der Waals surface area (Å²) in [7, 11) is 3.76. The van der Waals surface area contributed by atoms with Gasteiger partial charge in [-0.05, 0) is 38.1 Å². The summed E-state index contributed by atoms with van der Waals surface area (Å²) in [6.45, 7) is 4.14. The second-order valence-corrected chi connectivity index (χ2v) is 8.37. The van der Waals surface area contributed by atoms with E-state index in [2.05, 4.69) is 63.7 Å². The molecule has 0 amide bonds. The van der Waals surface area contributed by atoms with Crippen molar-refractivity contribution in [2.75, 3.05) is 24.7 Å². The fourth-order valence-electron chi connectivity index (χ4n) is 3.02. The van der Waals surface area contributed by atoms with E-state index < -0.39 is 0 Å². The molecule has 0 saturated carbocycles. The van der Waals surface area contributed by atoms with E-state index in [0.717, 1.165) is 21.9 Å². The predicted octanol–water partition coefficient (Wildman–Crippen LogP) is 4.02. The lowest BCUT2D eigenvalue weighted by atomic mass is 10.2. The molecule has 8 heteroatoms. The fraction of sp³-hybridized carbons (Fsp3) is 0.238. The van der Waals surface area contributed by atoms with Crippen LogP contribution in [-0.4, -0.2) is 38.6 Å². The molecule has 0 fully saturated rings. The standard InChI is InChI=1S/C21H23N7S/c1-13-9-11-15(12-10-13)28-17-8-6-5-7-16(17)23-21(28)29-14(2)18-24-19(22)26-20(25-18)27(3)4/h5-12,14H,1-4H3,(H2,22,24,25,26)/t14-/m0/s1. The van der Waals surface area contributed by atoms with Gasteiger partial charge in [0.2, 0.25) is 11.9 Å². The van der Waals surface area contributed by atoms with E-state index in [1.165, 1.54) is 5.56 Å². The van der Waals surface area contributed by atoms with Gasteiger partial charge in [-0.15, -0.1) is 0 Å². The van der Waals surface area contributed by atoms with Crippen LogP contribution in [0.25, 0.3) is 16.7 Å². The molecule has 29 heavy (non-hydrogen) atoms. The Balaban J connectivity index is 1.77. The van der Waals surface area contributed by atoms with E-state index in [9.17, 15) is 0 Å². The van der Waals surface area contributed by atoms with E-state index in [4.69, 9.17) is 10.7 Å². The summed E-state index contributed by atoms with van der Waals surface area (Å²) in [5, 5.41) is 0.827. The molecular weight excluding hydrogens is 382 g/mol. The van der Waals surface area contributed by atoms with Gasteiger partial charge in [-0.1, -0.05) is 41.6 Å². The normalized spacial score (nSPS) is 12.3. The lowest BCUT2D eigenvalue weighted by Crippen LogP contribution is -2.16. The second-order valence-electron chi connectivity index (χ2n) is 7.06. The van der Waals surface area contributed by atoms with Crippen molar-refractivity contribution in [3.8, 4) is 5.69 Å². The SMILES string of the molecule is Cc1ccc(-n2c(S[C@@H](C)c3nc(N)nc(N(C)C)n3)nc3ccccc32)cc1. The number of thioether (sulfide) groups is 1. The van der Waals surface area contributed by atoms with Gasteiger partial charge in [-0.2, -0.15) is 15.0 Å². The van der Waals surface area contributed by atoms with Gasteiger partial charge in [0, 0.05) is 19.8 Å². The molecule has 0 unspecified atom stereocenters. The van der Waals surface area contributed by atoms with Gasteiger partial charge in [0.05, 0.1) is 16.3 Å². The molecule has 0 bridgehead atoms. The Hall–Kier alpha value is -3.13. The van der Waals surface area contributed by atoms with Crippen LogP contribution in [0.3, 0.4) is 0 Å². The van der Waals surface area contributed by atoms with Crippen molar-refractivity contribution in [1.29, 1.82) is 0 Å². The Morgan fingerprint density at radius 1 is 0.966 bits per heavy atom. The van der Waals surface area contributed by atoms with E-state index in [1.807, 2.05) is 37.2 Å². The van der Waals surface area contributed by atoms with Gasteiger partial charge < -0.3 is 10.6 Å². The number of imidazole rings is 1. The summed E-state index contributed by atoms with van der Waals surface area (Å²) in [6.07, 6.45) is 0. The maximum atomic E-state index is 5.91. The van der Waals surface area contributed by atoms with Crippen molar-refractivity contribution in [3.63, 3.8) is 0 Å². The summed E-state index contributed by atoms with van der Waals surface area (Å²) >= 11 is 1.60. The van der Waals surface area contributed by atoms with Crippen LogP contribution in [0.15, 0.2) is 53.7 Å². The second kappa shape index (κ2) is 7.71. The number of hydrogen-bond acceptors (Lipinski definition) is 7. The highest BCUT2D eigenvalue weighted by Crippen LogP contribution is 2.36. The Labute approximate surface area is 174 Å². The number of nitrogens with zero attached hydrogens (tertiary/aromatic N) is 6. The zero-order valence-corrected chi connectivity index (χ0v) is 17.7. The molecule has 0 radical (unpaired) electrons. The number of hydrogen-bond donors (Lipinski definition) is 1. The smallest absolute Gasteiger partial charge is 0.229 e. The average Bonchev–Trinajstić information content (AvgIpc) is 3.06. The first kappa shape index (κ1) is 19.2. The third-order valence-corrected chi connectivity index (χ3v) is 5.58. The van der Waals surface area contributed by atoms with Crippen molar-refractivity contribution in [2.24, 2.45) is 0 Å². The number of nitrogens with two attached hydrogens (primary N) is 1. The summed E-state index contributed by atoms with van der Waals surface area (Å²) in [5.74, 6) is 1.40. The topological polar surface area (TPSA) is 85.8 Å². The largest absolute Gasteiger partial charge is 0.368 e. The van der Waals surface area contributed by atoms with E-state index in [1.54, 1.807) is 11.8 Å². The first-order valence-corrected chi connectivity index (χ1v) is 10.2. The first-order valence-electron chi connectivity index (χ1n) is 9.32. The number of nitrogen functional groups attached to an aromatic ring is 1. The molecule has 0 aliphatic heterocycles. The Morgan fingerprint density at radius 2 is 1.69 bits per heavy atom. The highest BCUT2D eigenvalue weighted by Gasteiger charge is 2.20. The number of benzene rings is 2. The van der Waals surface area contributed by atoms with Crippen molar-refractivity contribution in [2.45, 2.75) is 24.3 Å². The van der Waals surface area contributed by atoms with Crippen LogP contribution >= 0.6 is 11.8 Å². The van der Waals surface area contributed by atoms with Crippen LogP contribution in [0.5, 0.6) is 0 Å². The van der Waals surface area contributed by atoms with Crippen LogP contribution in [0.2, 0.25) is 0 Å². The van der Waals surface area contributed by atoms with E-state index in [-0.39, 0.29) is 11.2 Å². The van der Waals surface area contributed by atoms with Crippen molar-refractivity contribution >= 4 is 34.7 Å². The van der Waals surface area contributed by atoms with Crippen LogP contribution in [-0.2, 0) is 0 Å². The molecular formula is C21H23N7S. The minimum Gasteiger partial charge on any atom is -0.368 e. The Bertz CT molecular complexity index is 1150. The molecule has 148 valence electrons. The van der Waals surface area contributed by atoms with Gasteiger partial charge in [-0.3, -0.25) is 4.57 Å². The lowest BCUT2D eigenvalue weighted by molar-refractivity contribution is 0.852. The average molecular weight is 406 g/mol. The Morgan fingerprint density at radius 3 is 2.41 bits per heavy atom. The molecule has 0 aliphatic rings. The molecule has 0 aliphatic carbocycles. The monoisotopic (exact) mass is 405 g/mol. The Kier molecular flexibility index (Phi) is 5.10. The quantitative estimate of drug-likeness (QED) is 0.502. The number of aryl methyl sites for hydroxylation is 1. The van der Waals surface area contributed by atoms with Gasteiger partial charge in [0.1, 0.15) is 5.82 Å². The van der Waals surface area contributed by atoms with Crippen LogP contribution in [0, 0.1) is 6.92 Å². The summed E-state index contributed by atoms with van der Waals surface area (Å²) < 4.78 is 2.17. The first-order chi connectivity index (χ1) is 13.9. The van der Waals surface area contributed by atoms with Gasteiger partial charge in [-0.25, -0.2) is 4.98 Å². The maximum absolute atomic E-state index is 5.91. The van der Waals surface area contributed by atoms with Crippen LogP contribution in [0.1, 0.15) is 23.6 Å². The molecule has 0 saturated heterocycles. The van der Waals surface area contributed by atoms with Gasteiger partial charge in [0.15, 0.2) is 5.16 Å². The third-order valence-electron chi connectivity index (χ3n) is 4.53. The number of aromatic nitrogens is 5. The molecule has 2 heterocycles. The molecule has 4 rings (SSSR count). The van der Waals surface area contributed by atoms with E-state index >= 15 is 0 Å². The van der Waals surface area contributed by atoms with Gasteiger partial charge >= 0.3 is 0 Å². The highest BCUT2D eigenvalue weighted by molar-refractivity contribution is 7.99. The predicted molar refractivity (Wildman–Crippen MR) is 119 cm³/mol. The number of anilines is 2. The van der Waals surface area contributed by atoms with E-state index in [0.29, 0.717) is 11.8 Å². The molecule has 4 aromatic rings. The molecule has 2 N–H and O–H groups in total. The number of para-hydroxylation sites is 2.